The monoisotopic (exact) mass is 287 g/mol. The summed E-state index contributed by atoms with van der Waals surface area (Å²) in [5.74, 6) is 0.479. The molecule has 0 fully saturated rings. The van der Waals surface area contributed by atoms with Gasteiger partial charge in [0.05, 0.1) is 29.8 Å². The Morgan fingerprint density at radius 1 is 1.38 bits per heavy atom. The fourth-order valence-electron chi connectivity index (χ4n) is 1.93. The number of ether oxygens (including phenoxy) is 1. The zero-order chi connectivity index (χ0) is 15.2. The average molecular weight is 287 g/mol. The number of nitrogens with one attached hydrogen (secondary N) is 1. The van der Waals surface area contributed by atoms with Crippen molar-refractivity contribution in [3.05, 3.63) is 57.9 Å². The number of nitrogens with zero attached hydrogens (tertiary/aromatic N) is 2. The molecule has 1 N–H and O–H groups in total. The van der Waals surface area contributed by atoms with Crippen LogP contribution in [-0.2, 0) is 6.54 Å². The van der Waals surface area contributed by atoms with E-state index in [9.17, 15) is 10.1 Å². The average Bonchev–Trinajstić information content (AvgIpc) is 2.46. The predicted molar refractivity (Wildman–Crippen MR) is 80.6 cm³/mol. The van der Waals surface area contributed by atoms with E-state index >= 15 is 0 Å². The normalized spacial score (nSPS) is 10.2. The molecule has 0 aliphatic carbocycles. The van der Waals surface area contributed by atoms with Gasteiger partial charge in [-0.05, 0) is 25.5 Å². The quantitative estimate of drug-likeness (QED) is 0.651. The van der Waals surface area contributed by atoms with Crippen LogP contribution in [0.4, 0.5) is 11.4 Å². The molecule has 0 radical (unpaired) electrons. The highest BCUT2D eigenvalue weighted by Gasteiger charge is 2.10. The van der Waals surface area contributed by atoms with Crippen LogP contribution in [0.25, 0.3) is 0 Å². The lowest BCUT2D eigenvalue weighted by atomic mass is 10.2. The third-order valence-electron chi connectivity index (χ3n) is 2.99. The maximum absolute atomic E-state index is 10.9. The molecule has 0 amide bonds. The minimum atomic E-state index is -0.431. The van der Waals surface area contributed by atoms with Crippen molar-refractivity contribution in [2.24, 2.45) is 0 Å². The van der Waals surface area contributed by atoms with Crippen LogP contribution in [0, 0.1) is 17.0 Å². The van der Waals surface area contributed by atoms with Gasteiger partial charge in [0.1, 0.15) is 5.75 Å². The molecular formula is C15H17N3O3. The van der Waals surface area contributed by atoms with Crippen LogP contribution in [0.15, 0.2) is 36.5 Å². The van der Waals surface area contributed by atoms with Gasteiger partial charge in [-0.1, -0.05) is 6.07 Å². The van der Waals surface area contributed by atoms with Crippen molar-refractivity contribution in [2.45, 2.75) is 20.4 Å². The number of aryl methyl sites for hydroxylation is 1. The van der Waals surface area contributed by atoms with Crippen LogP contribution in [0.3, 0.4) is 0 Å². The number of nitro benzene ring substituents is 1. The number of hydrogen-bond donors (Lipinski definition) is 1. The summed E-state index contributed by atoms with van der Waals surface area (Å²) in [4.78, 5) is 14.8. The highest BCUT2D eigenvalue weighted by atomic mass is 16.6. The summed E-state index contributed by atoms with van der Waals surface area (Å²) in [7, 11) is 0. The molecule has 0 saturated heterocycles. The topological polar surface area (TPSA) is 77.3 Å². The Balaban J connectivity index is 2.19. The molecule has 1 heterocycles. The van der Waals surface area contributed by atoms with Crippen molar-refractivity contribution < 1.29 is 9.66 Å². The Morgan fingerprint density at radius 2 is 2.19 bits per heavy atom. The summed E-state index contributed by atoms with van der Waals surface area (Å²) in [5, 5.41) is 14.1. The van der Waals surface area contributed by atoms with Crippen molar-refractivity contribution >= 4 is 11.4 Å². The SMILES string of the molecule is CCOc1cc(NCc2ncccc2C)cc([N+](=O)[O-])c1. The highest BCUT2D eigenvalue weighted by Crippen LogP contribution is 2.26. The summed E-state index contributed by atoms with van der Waals surface area (Å²) in [5.41, 5.74) is 2.61. The van der Waals surface area contributed by atoms with Gasteiger partial charge in [-0.3, -0.25) is 15.1 Å². The second-order valence-electron chi connectivity index (χ2n) is 4.53. The molecule has 2 aromatic rings. The van der Waals surface area contributed by atoms with E-state index in [2.05, 4.69) is 10.3 Å². The number of pyridine rings is 1. The van der Waals surface area contributed by atoms with Crippen molar-refractivity contribution in [1.82, 2.24) is 4.98 Å². The highest BCUT2D eigenvalue weighted by molar-refractivity contribution is 5.56. The summed E-state index contributed by atoms with van der Waals surface area (Å²) in [6.07, 6.45) is 1.73. The van der Waals surface area contributed by atoms with E-state index in [0.29, 0.717) is 24.6 Å². The Labute approximate surface area is 122 Å². The second-order valence-corrected chi connectivity index (χ2v) is 4.53. The minimum Gasteiger partial charge on any atom is -0.494 e. The molecule has 6 nitrogen and oxygen atoms in total. The summed E-state index contributed by atoms with van der Waals surface area (Å²) >= 11 is 0. The Hall–Kier alpha value is -2.63. The lowest BCUT2D eigenvalue weighted by Crippen LogP contribution is -2.04. The first-order valence-corrected chi connectivity index (χ1v) is 6.66. The molecule has 0 unspecified atom stereocenters. The molecular weight excluding hydrogens is 270 g/mol. The number of anilines is 1. The summed E-state index contributed by atoms with van der Waals surface area (Å²) < 4.78 is 5.35. The largest absolute Gasteiger partial charge is 0.494 e. The van der Waals surface area contributed by atoms with E-state index in [1.807, 2.05) is 26.0 Å². The van der Waals surface area contributed by atoms with Gasteiger partial charge >= 0.3 is 0 Å². The number of hydrogen-bond acceptors (Lipinski definition) is 5. The Bertz CT molecular complexity index is 644. The third-order valence-corrected chi connectivity index (χ3v) is 2.99. The van der Waals surface area contributed by atoms with Gasteiger partial charge in [-0.25, -0.2) is 0 Å². The van der Waals surface area contributed by atoms with Crippen LogP contribution in [0.1, 0.15) is 18.2 Å². The Kier molecular flexibility index (Phi) is 4.71. The van der Waals surface area contributed by atoms with E-state index in [1.165, 1.54) is 12.1 Å². The molecule has 6 heteroatoms. The molecule has 1 aromatic carbocycles. The van der Waals surface area contributed by atoms with Crippen LogP contribution < -0.4 is 10.1 Å². The van der Waals surface area contributed by atoms with E-state index < -0.39 is 4.92 Å². The fourth-order valence-corrected chi connectivity index (χ4v) is 1.93. The van der Waals surface area contributed by atoms with Gasteiger partial charge < -0.3 is 10.1 Å². The molecule has 0 aliphatic rings. The van der Waals surface area contributed by atoms with Gasteiger partial charge in [-0.15, -0.1) is 0 Å². The van der Waals surface area contributed by atoms with Gasteiger partial charge in [-0.2, -0.15) is 0 Å². The van der Waals surface area contributed by atoms with Crippen LogP contribution in [0.5, 0.6) is 5.75 Å². The zero-order valence-electron chi connectivity index (χ0n) is 12.0. The molecule has 0 saturated carbocycles. The first kappa shape index (κ1) is 14.8. The zero-order valence-corrected chi connectivity index (χ0v) is 12.0. The van der Waals surface area contributed by atoms with Gasteiger partial charge in [0.2, 0.25) is 0 Å². The summed E-state index contributed by atoms with van der Waals surface area (Å²) in [6, 6.07) is 8.50. The maximum atomic E-state index is 10.9. The number of rotatable bonds is 6. The van der Waals surface area contributed by atoms with Crippen molar-refractivity contribution in [3.63, 3.8) is 0 Å². The first-order valence-electron chi connectivity index (χ1n) is 6.66. The molecule has 0 atom stereocenters. The van der Waals surface area contributed by atoms with Gasteiger partial charge in [0, 0.05) is 24.0 Å². The van der Waals surface area contributed by atoms with E-state index in [0.717, 1.165) is 11.3 Å². The van der Waals surface area contributed by atoms with Crippen LogP contribution in [0.2, 0.25) is 0 Å². The van der Waals surface area contributed by atoms with Gasteiger partial charge in [0.15, 0.2) is 0 Å². The smallest absolute Gasteiger partial charge is 0.275 e. The lowest BCUT2D eigenvalue weighted by Gasteiger charge is -2.10. The van der Waals surface area contributed by atoms with E-state index in [4.69, 9.17) is 4.74 Å². The van der Waals surface area contributed by atoms with Crippen molar-refractivity contribution in [2.75, 3.05) is 11.9 Å². The third kappa shape index (κ3) is 3.92. The predicted octanol–water partition coefficient (Wildman–Crippen LogP) is 3.31. The Morgan fingerprint density at radius 3 is 2.86 bits per heavy atom. The molecule has 1 aromatic heterocycles. The molecule has 2 rings (SSSR count). The standard InChI is InChI=1S/C15H17N3O3/c1-3-21-14-8-12(7-13(9-14)18(19)20)17-10-15-11(2)5-4-6-16-15/h4-9,17H,3,10H2,1-2H3. The number of aromatic nitrogens is 1. The molecule has 110 valence electrons. The number of non-ortho nitro benzene ring substituents is 1. The van der Waals surface area contributed by atoms with Crippen molar-refractivity contribution in [3.8, 4) is 5.75 Å². The molecule has 0 spiro atoms. The minimum absolute atomic E-state index is 0.00110. The molecule has 21 heavy (non-hydrogen) atoms. The first-order chi connectivity index (χ1) is 10.1. The fraction of sp³-hybridized carbons (Fsp3) is 0.267. The number of benzene rings is 1. The van der Waals surface area contributed by atoms with Crippen LogP contribution >= 0.6 is 0 Å². The van der Waals surface area contributed by atoms with Crippen LogP contribution in [-0.4, -0.2) is 16.5 Å². The second kappa shape index (κ2) is 6.69. The van der Waals surface area contributed by atoms with Gasteiger partial charge in [0.25, 0.3) is 5.69 Å². The lowest BCUT2D eigenvalue weighted by molar-refractivity contribution is -0.384. The number of nitro groups is 1. The van der Waals surface area contributed by atoms with E-state index in [-0.39, 0.29) is 5.69 Å². The molecule has 0 aliphatic heterocycles. The maximum Gasteiger partial charge on any atom is 0.275 e. The molecule has 0 bridgehead atoms. The summed E-state index contributed by atoms with van der Waals surface area (Å²) in [6.45, 7) is 4.77. The van der Waals surface area contributed by atoms with Crippen molar-refractivity contribution in [1.29, 1.82) is 0 Å². The van der Waals surface area contributed by atoms with E-state index in [1.54, 1.807) is 12.3 Å².